The van der Waals surface area contributed by atoms with Crippen LogP contribution in [0.5, 0.6) is 0 Å². The van der Waals surface area contributed by atoms with Crippen LogP contribution in [0.4, 0.5) is 0 Å². The summed E-state index contributed by atoms with van der Waals surface area (Å²) in [6, 6.07) is 0.197. The number of rotatable bonds is 5. The summed E-state index contributed by atoms with van der Waals surface area (Å²) in [5.74, 6) is 1.14. The van der Waals surface area contributed by atoms with Gasteiger partial charge in [0.25, 0.3) is 10.2 Å². The Morgan fingerprint density at radius 3 is 2.57 bits per heavy atom. The molecule has 6 heteroatoms. The molecule has 0 aromatic carbocycles. The number of hydrogen-bond acceptors (Lipinski definition) is 3. The van der Waals surface area contributed by atoms with Crippen LogP contribution in [0.2, 0.25) is 0 Å². The van der Waals surface area contributed by atoms with Crippen LogP contribution in [0.1, 0.15) is 52.4 Å². The Morgan fingerprint density at radius 2 is 1.90 bits per heavy atom. The largest absolute Gasteiger partial charge is 0.318 e. The Labute approximate surface area is 130 Å². The second-order valence-corrected chi connectivity index (χ2v) is 8.60. The molecule has 1 aliphatic heterocycles. The lowest BCUT2D eigenvalue weighted by Gasteiger charge is -2.38. The maximum Gasteiger partial charge on any atom is 0.280 e. The quantitative estimate of drug-likeness (QED) is 0.811. The molecule has 124 valence electrons. The molecule has 0 amide bonds. The average Bonchev–Trinajstić information content (AvgIpc) is 2.43. The summed E-state index contributed by atoms with van der Waals surface area (Å²) in [6.45, 7) is 5.82. The van der Waals surface area contributed by atoms with Gasteiger partial charge >= 0.3 is 0 Å². The van der Waals surface area contributed by atoms with E-state index in [0.717, 1.165) is 45.1 Å². The van der Waals surface area contributed by atoms with Gasteiger partial charge in [-0.15, -0.1) is 0 Å². The maximum atomic E-state index is 12.8. The summed E-state index contributed by atoms with van der Waals surface area (Å²) in [5.41, 5.74) is 0. The van der Waals surface area contributed by atoms with Crippen LogP contribution in [-0.2, 0) is 10.2 Å². The van der Waals surface area contributed by atoms with E-state index in [1.165, 1.54) is 0 Å². The van der Waals surface area contributed by atoms with Crippen LogP contribution in [0.25, 0.3) is 0 Å². The Hall–Kier alpha value is -0.170. The van der Waals surface area contributed by atoms with Crippen LogP contribution >= 0.6 is 0 Å². The first-order valence-corrected chi connectivity index (χ1v) is 9.81. The van der Waals surface area contributed by atoms with E-state index in [-0.39, 0.29) is 12.1 Å². The molecule has 0 aromatic rings. The molecule has 1 heterocycles. The van der Waals surface area contributed by atoms with Crippen molar-refractivity contribution in [2.24, 2.45) is 11.8 Å². The lowest BCUT2D eigenvalue weighted by Crippen LogP contribution is -2.55. The molecule has 0 bridgehead atoms. The lowest BCUT2D eigenvalue weighted by atomic mass is 9.80. The third-order valence-electron chi connectivity index (χ3n) is 5.05. The van der Waals surface area contributed by atoms with Gasteiger partial charge in [0.1, 0.15) is 0 Å². The van der Waals surface area contributed by atoms with Crippen molar-refractivity contribution in [2.45, 2.75) is 64.5 Å². The molecule has 2 aliphatic rings. The minimum Gasteiger partial charge on any atom is -0.318 e. The molecule has 0 aromatic heterocycles. The predicted octanol–water partition coefficient (Wildman–Crippen LogP) is 1.72. The van der Waals surface area contributed by atoms with Crippen LogP contribution in [0.15, 0.2) is 0 Å². The van der Waals surface area contributed by atoms with Crippen molar-refractivity contribution in [3.05, 3.63) is 0 Å². The molecule has 4 unspecified atom stereocenters. The van der Waals surface area contributed by atoms with E-state index in [4.69, 9.17) is 0 Å². The number of hydrogen-bond donors (Lipinski definition) is 2. The van der Waals surface area contributed by atoms with E-state index in [9.17, 15) is 8.42 Å². The van der Waals surface area contributed by atoms with Crippen molar-refractivity contribution in [1.82, 2.24) is 14.3 Å². The first-order valence-electron chi connectivity index (χ1n) is 8.37. The molecule has 4 atom stereocenters. The highest BCUT2D eigenvalue weighted by Gasteiger charge is 2.35. The summed E-state index contributed by atoms with van der Waals surface area (Å²) >= 11 is 0. The van der Waals surface area contributed by atoms with Crippen LogP contribution in [-0.4, -0.2) is 44.9 Å². The van der Waals surface area contributed by atoms with Crippen molar-refractivity contribution < 1.29 is 8.42 Å². The molecule has 2 fully saturated rings. The van der Waals surface area contributed by atoms with Gasteiger partial charge in [-0.25, -0.2) is 0 Å². The van der Waals surface area contributed by atoms with Crippen molar-refractivity contribution in [3.8, 4) is 0 Å². The smallest absolute Gasteiger partial charge is 0.280 e. The first kappa shape index (κ1) is 17.2. The fourth-order valence-corrected chi connectivity index (χ4v) is 5.64. The number of likely N-dealkylation sites (N-methyl/N-ethyl adjacent to an activating group) is 1. The molecular formula is C15H31N3O2S. The van der Waals surface area contributed by atoms with Gasteiger partial charge < -0.3 is 5.32 Å². The third kappa shape index (κ3) is 4.41. The van der Waals surface area contributed by atoms with Gasteiger partial charge in [-0.2, -0.15) is 17.4 Å². The number of piperidine rings is 1. The zero-order valence-corrected chi connectivity index (χ0v) is 14.5. The zero-order valence-electron chi connectivity index (χ0n) is 13.6. The maximum absolute atomic E-state index is 12.8. The molecular weight excluding hydrogens is 286 g/mol. The number of nitrogens with one attached hydrogen (secondary N) is 2. The Bertz CT molecular complexity index is 425. The fourth-order valence-electron chi connectivity index (χ4n) is 3.83. The van der Waals surface area contributed by atoms with Crippen LogP contribution in [0.3, 0.4) is 0 Å². The standard InChI is InChI=1S/C15H31N3O2S/c1-12-7-8-15(13(2)10-12)17-21(19,20)18-9-5-4-6-14(18)11-16-3/h12-17H,4-11H2,1-3H3. The molecule has 0 radical (unpaired) electrons. The number of nitrogens with zero attached hydrogens (tertiary/aromatic N) is 1. The molecule has 2 N–H and O–H groups in total. The predicted molar refractivity (Wildman–Crippen MR) is 86.3 cm³/mol. The Morgan fingerprint density at radius 1 is 1.14 bits per heavy atom. The van der Waals surface area contributed by atoms with Gasteiger partial charge in [-0.05, 0) is 51.0 Å². The Balaban J connectivity index is 2.02. The summed E-state index contributed by atoms with van der Waals surface area (Å²) in [4.78, 5) is 0. The van der Waals surface area contributed by atoms with E-state index in [1.807, 2.05) is 7.05 Å². The molecule has 1 aliphatic carbocycles. The monoisotopic (exact) mass is 317 g/mol. The van der Waals surface area contributed by atoms with Crippen molar-refractivity contribution in [3.63, 3.8) is 0 Å². The van der Waals surface area contributed by atoms with Crippen molar-refractivity contribution in [2.75, 3.05) is 20.1 Å². The third-order valence-corrected chi connectivity index (χ3v) is 6.75. The van der Waals surface area contributed by atoms with E-state index in [1.54, 1.807) is 4.31 Å². The lowest BCUT2D eigenvalue weighted by molar-refractivity contribution is 0.224. The molecule has 2 rings (SSSR count). The minimum absolute atomic E-state index is 0.0964. The minimum atomic E-state index is -3.36. The molecule has 5 nitrogen and oxygen atoms in total. The van der Waals surface area contributed by atoms with Gasteiger partial charge in [0.15, 0.2) is 0 Å². The van der Waals surface area contributed by atoms with E-state index in [0.29, 0.717) is 18.4 Å². The molecule has 1 saturated carbocycles. The summed E-state index contributed by atoms with van der Waals surface area (Å²) in [7, 11) is -1.48. The SMILES string of the molecule is CNCC1CCCCN1S(=O)(=O)NC1CCC(C)CC1C. The fraction of sp³-hybridized carbons (Fsp3) is 1.00. The van der Waals surface area contributed by atoms with Gasteiger partial charge in [-0.1, -0.05) is 20.3 Å². The van der Waals surface area contributed by atoms with Gasteiger partial charge in [0, 0.05) is 25.2 Å². The summed E-state index contributed by atoms with van der Waals surface area (Å²) in [6.07, 6.45) is 6.25. The van der Waals surface area contributed by atoms with Gasteiger partial charge in [-0.3, -0.25) is 0 Å². The summed E-state index contributed by atoms with van der Waals surface area (Å²) < 4.78 is 30.2. The average molecular weight is 317 g/mol. The normalized spacial score (nSPS) is 35.8. The highest BCUT2D eigenvalue weighted by Crippen LogP contribution is 2.30. The van der Waals surface area contributed by atoms with E-state index >= 15 is 0 Å². The van der Waals surface area contributed by atoms with E-state index < -0.39 is 10.2 Å². The van der Waals surface area contributed by atoms with E-state index in [2.05, 4.69) is 23.9 Å². The molecule has 0 spiro atoms. The zero-order chi connectivity index (χ0) is 15.5. The van der Waals surface area contributed by atoms with Crippen LogP contribution in [0, 0.1) is 11.8 Å². The first-order chi connectivity index (χ1) is 9.94. The second-order valence-electron chi connectivity index (χ2n) is 6.94. The Kier molecular flexibility index (Phi) is 6.05. The van der Waals surface area contributed by atoms with Gasteiger partial charge in [0.2, 0.25) is 0 Å². The molecule has 21 heavy (non-hydrogen) atoms. The molecule has 1 saturated heterocycles. The van der Waals surface area contributed by atoms with Crippen molar-refractivity contribution >= 4 is 10.2 Å². The van der Waals surface area contributed by atoms with Crippen molar-refractivity contribution in [1.29, 1.82) is 0 Å². The highest BCUT2D eigenvalue weighted by atomic mass is 32.2. The van der Waals surface area contributed by atoms with Crippen LogP contribution < -0.4 is 10.0 Å². The topological polar surface area (TPSA) is 61.4 Å². The van der Waals surface area contributed by atoms with Gasteiger partial charge in [0.05, 0.1) is 0 Å². The second kappa shape index (κ2) is 7.40. The summed E-state index contributed by atoms with van der Waals surface area (Å²) in [5, 5.41) is 3.12. The highest BCUT2D eigenvalue weighted by molar-refractivity contribution is 7.87.